The van der Waals surface area contributed by atoms with Gasteiger partial charge in [-0.1, -0.05) is 86.7 Å². The Morgan fingerprint density at radius 3 is 2.41 bits per heavy atom. The summed E-state index contributed by atoms with van der Waals surface area (Å²) < 4.78 is 0. The van der Waals surface area contributed by atoms with Crippen LogP contribution in [0.4, 0.5) is 5.69 Å². The van der Waals surface area contributed by atoms with Crippen molar-refractivity contribution in [3.63, 3.8) is 0 Å². The summed E-state index contributed by atoms with van der Waals surface area (Å²) >= 11 is 0. The molecule has 4 nitrogen and oxygen atoms in total. The number of fused-ring (bicyclic) bond motifs is 4. The maximum atomic E-state index is 13.8. The van der Waals surface area contributed by atoms with Crippen LogP contribution in [-0.4, -0.2) is 38.6 Å². The smallest absolute Gasteiger partial charge is 0.253 e. The third-order valence-corrected chi connectivity index (χ3v) is 7.70. The first-order valence-electron chi connectivity index (χ1n) is 13.4. The number of anilines is 1. The van der Waals surface area contributed by atoms with Crippen molar-refractivity contribution in [1.29, 1.82) is 0 Å². The molecule has 1 amide bonds. The van der Waals surface area contributed by atoms with Gasteiger partial charge in [0.25, 0.3) is 5.91 Å². The van der Waals surface area contributed by atoms with E-state index in [0.29, 0.717) is 6.54 Å². The largest absolute Gasteiger partial charge is 0.368 e. The average molecular weight is 488 g/mol. The lowest BCUT2D eigenvalue weighted by Crippen LogP contribution is -2.44. The number of amides is 1. The highest BCUT2D eigenvalue weighted by atomic mass is 16.1. The highest BCUT2D eigenvalue weighted by Crippen LogP contribution is 2.53. The van der Waals surface area contributed by atoms with Crippen molar-refractivity contribution in [2.24, 2.45) is 0 Å². The Morgan fingerprint density at radius 2 is 1.59 bits per heavy atom. The van der Waals surface area contributed by atoms with Gasteiger partial charge in [-0.25, -0.2) is 0 Å². The van der Waals surface area contributed by atoms with Gasteiger partial charge in [-0.2, -0.15) is 0 Å². The minimum absolute atomic E-state index is 0.00461. The van der Waals surface area contributed by atoms with Crippen molar-refractivity contribution in [3.8, 4) is 22.3 Å². The van der Waals surface area contributed by atoms with Crippen molar-refractivity contribution >= 4 is 27.9 Å². The van der Waals surface area contributed by atoms with Crippen LogP contribution in [0.3, 0.4) is 0 Å². The van der Waals surface area contributed by atoms with Crippen molar-refractivity contribution < 1.29 is 4.79 Å². The Morgan fingerprint density at radius 1 is 0.892 bits per heavy atom. The third-order valence-electron chi connectivity index (χ3n) is 7.70. The van der Waals surface area contributed by atoms with E-state index in [1.165, 1.54) is 21.9 Å². The van der Waals surface area contributed by atoms with Crippen LogP contribution >= 0.6 is 0 Å². The number of nitrogens with one attached hydrogen (secondary N) is 2. The molecule has 6 rings (SSSR count). The first kappa shape index (κ1) is 23.5. The molecule has 4 aromatic rings. The van der Waals surface area contributed by atoms with E-state index in [2.05, 4.69) is 102 Å². The molecule has 0 unspecified atom stereocenters. The quantitative estimate of drug-likeness (QED) is 0.269. The second-order valence-corrected chi connectivity index (χ2v) is 9.97. The van der Waals surface area contributed by atoms with Gasteiger partial charge in [0.2, 0.25) is 0 Å². The van der Waals surface area contributed by atoms with Gasteiger partial charge in [-0.05, 0) is 51.1 Å². The Bertz CT molecular complexity index is 1510. The molecule has 0 spiro atoms. The molecule has 2 N–H and O–H groups in total. The number of unbranched alkanes of at least 4 members (excludes halogenated alkanes) is 1. The summed E-state index contributed by atoms with van der Waals surface area (Å²) in [6, 6.07) is 25.6. The van der Waals surface area contributed by atoms with Gasteiger partial charge < -0.3 is 15.5 Å². The van der Waals surface area contributed by atoms with Crippen LogP contribution in [0.25, 0.3) is 38.6 Å². The van der Waals surface area contributed by atoms with Gasteiger partial charge in [0.1, 0.15) is 0 Å². The molecule has 4 heteroatoms. The molecule has 0 atom stereocenters. The maximum Gasteiger partial charge on any atom is 0.253 e. The molecule has 1 saturated heterocycles. The van der Waals surface area contributed by atoms with E-state index >= 15 is 0 Å². The van der Waals surface area contributed by atoms with Crippen molar-refractivity contribution in [2.75, 3.05) is 37.6 Å². The Labute approximate surface area is 219 Å². The van der Waals surface area contributed by atoms with Gasteiger partial charge in [-0.3, -0.25) is 4.79 Å². The van der Waals surface area contributed by atoms with Crippen LogP contribution in [0, 0.1) is 0 Å². The predicted molar refractivity (Wildman–Crippen MR) is 155 cm³/mol. The molecular weight excluding hydrogens is 454 g/mol. The Hall–Kier alpha value is -3.89. The van der Waals surface area contributed by atoms with E-state index in [9.17, 15) is 4.79 Å². The zero-order chi connectivity index (χ0) is 25.4. The lowest BCUT2D eigenvalue weighted by molar-refractivity contribution is 0.0953. The predicted octanol–water partition coefficient (Wildman–Crippen LogP) is 6.49. The number of carbonyl (C=O) groups is 1. The molecule has 1 fully saturated rings. The summed E-state index contributed by atoms with van der Waals surface area (Å²) in [6.07, 6.45) is 2.01. The Balaban J connectivity index is 1.67. The molecule has 1 aliphatic heterocycles. The summed E-state index contributed by atoms with van der Waals surface area (Å²) in [4.78, 5) is 16.2. The fourth-order valence-corrected chi connectivity index (χ4v) is 5.88. The lowest BCUT2D eigenvalue weighted by Gasteiger charge is -2.33. The summed E-state index contributed by atoms with van der Waals surface area (Å²) in [6.45, 7) is 10.9. The molecule has 186 valence electrons. The van der Waals surface area contributed by atoms with Crippen molar-refractivity contribution in [3.05, 3.63) is 96.1 Å². The first-order chi connectivity index (χ1) is 18.2. The van der Waals surface area contributed by atoms with E-state index in [1.807, 2.05) is 0 Å². The summed E-state index contributed by atoms with van der Waals surface area (Å²) in [5.41, 5.74) is 9.65. The molecule has 1 aliphatic carbocycles. The highest BCUT2D eigenvalue weighted by molar-refractivity contribution is 6.16. The molecule has 0 bridgehead atoms. The number of benzene rings is 4. The standard InChI is InChI=1S/C33H33N3O/c1-3-4-16-35-33(37)29-21-28(26-15-9-11-23-10-5-6-13-25(23)26)31-27-14-8-7-12-24(27)22(2)30(31)32(29)36-19-17-34-18-20-36/h5-15,21,34H,2-4,16-20H2,1H3,(H,35,37). The molecule has 0 aromatic heterocycles. The minimum Gasteiger partial charge on any atom is -0.368 e. The van der Waals surface area contributed by atoms with Gasteiger partial charge in [0.15, 0.2) is 0 Å². The van der Waals surface area contributed by atoms with E-state index in [1.54, 1.807) is 0 Å². The molecule has 37 heavy (non-hydrogen) atoms. The number of hydrogen-bond acceptors (Lipinski definition) is 3. The highest BCUT2D eigenvalue weighted by Gasteiger charge is 2.34. The Kier molecular flexibility index (Phi) is 6.27. The molecule has 1 heterocycles. The summed E-state index contributed by atoms with van der Waals surface area (Å²) in [5.74, 6) is -0.00461. The maximum absolute atomic E-state index is 13.8. The minimum atomic E-state index is -0.00461. The van der Waals surface area contributed by atoms with Gasteiger partial charge in [-0.15, -0.1) is 0 Å². The van der Waals surface area contributed by atoms with Gasteiger partial charge >= 0.3 is 0 Å². The van der Waals surface area contributed by atoms with Crippen LogP contribution < -0.4 is 15.5 Å². The molecule has 0 saturated carbocycles. The zero-order valence-electron chi connectivity index (χ0n) is 21.4. The SMILES string of the molecule is C=C1c2ccccc2-c2c(-c3cccc4ccccc34)cc(C(=O)NCCCC)c(N3CCNCC3)c21. The van der Waals surface area contributed by atoms with Crippen LogP contribution in [0.1, 0.15) is 41.3 Å². The molecule has 4 aromatic carbocycles. The van der Waals surface area contributed by atoms with E-state index in [-0.39, 0.29) is 5.91 Å². The fraction of sp³-hybridized carbons (Fsp3) is 0.242. The van der Waals surface area contributed by atoms with E-state index in [4.69, 9.17) is 0 Å². The second kappa shape index (κ2) is 9.87. The number of rotatable bonds is 6. The number of piperazine rings is 1. The fourth-order valence-electron chi connectivity index (χ4n) is 5.88. The first-order valence-corrected chi connectivity index (χ1v) is 13.4. The van der Waals surface area contributed by atoms with Crippen molar-refractivity contribution in [2.45, 2.75) is 19.8 Å². The van der Waals surface area contributed by atoms with Gasteiger partial charge in [0, 0.05) is 43.9 Å². The summed E-state index contributed by atoms with van der Waals surface area (Å²) in [5, 5.41) is 9.06. The zero-order valence-corrected chi connectivity index (χ0v) is 21.4. The van der Waals surface area contributed by atoms with Gasteiger partial charge in [0.05, 0.1) is 11.3 Å². The van der Waals surface area contributed by atoms with E-state index < -0.39 is 0 Å². The van der Waals surface area contributed by atoms with Crippen LogP contribution in [0.5, 0.6) is 0 Å². The van der Waals surface area contributed by atoms with E-state index in [0.717, 1.165) is 78.1 Å². The topological polar surface area (TPSA) is 44.4 Å². The third kappa shape index (κ3) is 4.02. The summed E-state index contributed by atoms with van der Waals surface area (Å²) in [7, 11) is 0. The monoisotopic (exact) mass is 487 g/mol. The van der Waals surface area contributed by atoms with Crippen LogP contribution in [0.15, 0.2) is 79.4 Å². The molecule has 0 radical (unpaired) electrons. The molecular formula is C33H33N3O. The number of hydrogen-bond donors (Lipinski definition) is 2. The lowest BCUT2D eigenvalue weighted by atomic mass is 9.87. The second-order valence-electron chi connectivity index (χ2n) is 9.97. The number of carbonyl (C=O) groups excluding carboxylic acids is 1. The average Bonchev–Trinajstić information content (AvgIpc) is 3.25. The molecule has 2 aliphatic rings. The van der Waals surface area contributed by atoms with Crippen LogP contribution in [0.2, 0.25) is 0 Å². The number of nitrogens with zero attached hydrogens (tertiary/aromatic N) is 1. The van der Waals surface area contributed by atoms with Crippen molar-refractivity contribution in [1.82, 2.24) is 10.6 Å². The van der Waals surface area contributed by atoms with Crippen LogP contribution in [-0.2, 0) is 0 Å². The normalized spacial score (nSPS) is 14.5.